The van der Waals surface area contributed by atoms with Crippen molar-refractivity contribution in [2.45, 2.75) is 6.10 Å². The lowest BCUT2D eigenvalue weighted by Crippen LogP contribution is -2.47. The van der Waals surface area contributed by atoms with Crippen molar-refractivity contribution in [2.75, 3.05) is 53.6 Å². The van der Waals surface area contributed by atoms with E-state index in [9.17, 15) is 0 Å². The van der Waals surface area contributed by atoms with Crippen molar-refractivity contribution >= 4 is 0 Å². The Balaban J connectivity index is 1.75. The molecule has 0 aliphatic carbocycles. The summed E-state index contributed by atoms with van der Waals surface area (Å²) in [7, 11) is 3.61. The van der Waals surface area contributed by atoms with Gasteiger partial charge in [-0.2, -0.15) is 0 Å². The van der Waals surface area contributed by atoms with Crippen LogP contribution in [-0.4, -0.2) is 64.6 Å². The lowest BCUT2D eigenvalue weighted by atomic mass is 10.2. The zero-order valence-electron chi connectivity index (χ0n) is 12.3. The number of nitrogens with one attached hydrogen (secondary N) is 1. The molecule has 1 aromatic rings. The highest BCUT2D eigenvalue weighted by Gasteiger charge is 2.19. The highest BCUT2D eigenvalue weighted by molar-refractivity contribution is 5.39. The summed E-state index contributed by atoms with van der Waals surface area (Å²) in [5, 5.41) is 3.16. The van der Waals surface area contributed by atoms with Gasteiger partial charge in [0.25, 0.3) is 0 Å². The fourth-order valence-electron chi connectivity index (χ4n) is 2.36. The summed E-state index contributed by atoms with van der Waals surface area (Å²) < 4.78 is 16.8. The molecule has 0 radical (unpaired) electrons. The number of likely N-dealkylation sites (N-methyl/N-ethyl adjacent to an activating group) is 1. The van der Waals surface area contributed by atoms with E-state index < -0.39 is 0 Å². The van der Waals surface area contributed by atoms with Crippen molar-refractivity contribution in [1.82, 2.24) is 10.2 Å². The van der Waals surface area contributed by atoms with Gasteiger partial charge in [0.2, 0.25) is 0 Å². The Morgan fingerprint density at radius 1 is 1.35 bits per heavy atom. The normalized spacial score (nSPS) is 19.8. The lowest BCUT2D eigenvalue weighted by Gasteiger charge is -2.32. The number of rotatable bonds is 7. The van der Waals surface area contributed by atoms with Gasteiger partial charge < -0.3 is 19.5 Å². The van der Waals surface area contributed by atoms with Crippen LogP contribution < -0.4 is 14.8 Å². The number of nitrogens with zero attached hydrogens (tertiary/aromatic N) is 1. The Morgan fingerprint density at radius 2 is 2.15 bits per heavy atom. The van der Waals surface area contributed by atoms with Crippen LogP contribution in [0.4, 0.5) is 0 Å². The van der Waals surface area contributed by atoms with Crippen molar-refractivity contribution in [3.05, 3.63) is 24.3 Å². The number of morpholine rings is 1. The molecular formula is C15H24N2O3. The van der Waals surface area contributed by atoms with Crippen LogP contribution in [-0.2, 0) is 4.74 Å². The van der Waals surface area contributed by atoms with Gasteiger partial charge >= 0.3 is 0 Å². The topological polar surface area (TPSA) is 43.0 Å². The summed E-state index contributed by atoms with van der Waals surface area (Å²) in [6.45, 7) is 5.17. The maximum atomic E-state index is 5.80. The van der Waals surface area contributed by atoms with E-state index in [0.29, 0.717) is 6.61 Å². The Bertz CT molecular complexity index is 398. The fraction of sp³-hybridized carbons (Fsp3) is 0.600. The molecule has 1 N–H and O–H groups in total. The number of ether oxygens (including phenoxy) is 3. The average molecular weight is 280 g/mol. The molecule has 1 atom stereocenters. The molecular weight excluding hydrogens is 256 g/mol. The van der Waals surface area contributed by atoms with Crippen molar-refractivity contribution < 1.29 is 14.2 Å². The number of benzene rings is 1. The number of para-hydroxylation sites is 2. The third-order valence-electron chi connectivity index (χ3n) is 3.39. The maximum Gasteiger partial charge on any atom is 0.161 e. The van der Waals surface area contributed by atoms with Gasteiger partial charge in [-0.3, -0.25) is 4.90 Å². The van der Waals surface area contributed by atoms with E-state index in [4.69, 9.17) is 14.2 Å². The zero-order valence-corrected chi connectivity index (χ0v) is 12.3. The predicted octanol–water partition coefficient (Wildman–Crippen LogP) is 0.994. The monoisotopic (exact) mass is 280 g/mol. The molecule has 0 saturated carbocycles. The number of hydrogen-bond donors (Lipinski definition) is 1. The van der Waals surface area contributed by atoms with E-state index in [0.717, 1.165) is 44.3 Å². The quantitative estimate of drug-likeness (QED) is 0.807. The first kappa shape index (κ1) is 15.1. The minimum absolute atomic E-state index is 0.278. The molecule has 0 amide bonds. The van der Waals surface area contributed by atoms with Crippen LogP contribution in [0.3, 0.4) is 0 Å². The fourth-order valence-corrected chi connectivity index (χ4v) is 2.36. The average Bonchev–Trinajstić information content (AvgIpc) is 2.48. The molecule has 1 unspecified atom stereocenters. The molecule has 5 heteroatoms. The van der Waals surface area contributed by atoms with Crippen LogP contribution in [0.25, 0.3) is 0 Å². The zero-order chi connectivity index (χ0) is 14.2. The molecule has 20 heavy (non-hydrogen) atoms. The molecule has 5 nitrogen and oxygen atoms in total. The van der Waals surface area contributed by atoms with Gasteiger partial charge in [-0.1, -0.05) is 12.1 Å². The minimum Gasteiger partial charge on any atom is -0.493 e. The molecule has 112 valence electrons. The number of methoxy groups -OCH3 is 1. The van der Waals surface area contributed by atoms with E-state index >= 15 is 0 Å². The third kappa shape index (κ3) is 4.37. The van der Waals surface area contributed by atoms with Crippen molar-refractivity contribution in [1.29, 1.82) is 0 Å². The van der Waals surface area contributed by atoms with Crippen LogP contribution in [0.2, 0.25) is 0 Å². The van der Waals surface area contributed by atoms with E-state index in [2.05, 4.69) is 10.2 Å². The number of hydrogen-bond acceptors (Lipinski definition) is 5. The lowest BCUT2D eigenvalue weighted by molar-refractivity contribution is -0.0292. The van der Waals surface area contributed by atoms with Gasteiger partial charge in [-0.15, -0.1) is 0 Å². The molecule has 0 bridgehead atoms. The van der Waals surface area contributed by atoms with Crippen LogP contribution in [0.5, 0.6) is 11.5 Å². The predicted molar refractivity (Wildman–Crippen MR) is 78.6 cm³/mol. The Kier molecular flexibility index (Phi) is 6.11. The second-order valence-corrected chi connectivity index (χ2v) is 4.85. The molecule has 1 heterocycles. The Labute approximate surface area is 120 Å². The van der Waals surface area contributed by atoms with Crippen molar-refractivity contribution in [3.8, 4) is 11.5 Å². The van der Waals surface area contributed by atoms with Gasteiger partial charge in [0.05, 0.1) is 19.8 Å². The molecule has 1 aromatic carbocycles. The molecule has 0 aromatic heterocycles. The first-order chi connectivity index (χ1) is 9.83. The van der Waals surface area contributed by atoms with E-state index in [1.807, 2.05) is 31.3 Å². The maximum absolute atomic E-state index is 5.80. The highest BCUT2D eigenvalue weighted by Crippen LogP contribution is 2.25. The molecule has 1 aliphatic rings. The second-order valence-electron chi connectivity index (χ2n) is 4.85. The van der Waals surface area contributed by atoms with E-state index in [-0.39, 0.29) is 6.10 Å². The second kappa shape index (κ2) is 8.09. The molecule has 1 fully saturated rings. The van der Waals surface area contributed by atoms with Crippen LogP contribution in [0.1, 0.15) is 0 Å². The van der Waals surface area contributed by atoms with E-state index in [1.165, 1.54) is 0 Å². The van der Waals surface area contributed by atoms with Crippen LogP contribution in [0, 0.1) is 0 Å². The summed E-state index contributed by atoms with van der Waals surface area (Å²) >= 11 is 0. The van der Waals surface area contributed by atoms with Gasteiger partial charge in [-0.05, 0) is 19.2 Å². The van der Waals surface area contributed by atoms with E-state index in [1.54, 1.807) is 7.11 Å². The molecule has 1 aliphatic heterocycles. The van der Waals surface area contributed by atoms with Crippen molar-refractivity contribution in [2.24, 2.45) is 0 Å². The third-order valence-corrected chi connectivity index (χ3v) is 3.39. The minimum atomic E-state index is 0.278. The van der Waals surface area contributed by atoms with Crippen LogP contribution >= 0.6 is 0 Å². The van der Waals surface area contributed by atoms with Gasteiger partial charge in [-0.25, -0.2) is 0 Å². The van der Waals surface area contributed by atoms with Gasteiger partial charge in [0.1, 0.15) is 6.61 Å². The van der Waals surface area contributed by atoms with Gasteiger partial charge in [0, 0.05) is 26.2 Å². The Morgan fingerprint density at radius 3 is 2.90 bits per heavy atom. The highest BCUT2D eigenvalue weighted by atomic mass is 16.5. The first-order valence-electron chi connectivity index (χ1n) is 7.08. The smallest absolute Gasteiger partial charge is 0.161 e. The summed E-state index contributed by atoms with van der Waals surface area (Å²) in [5.74, 6) is 1.58. The summed E-state index contributed by atoms with van der Waals surface area (Å²) in [4.78, 5) is 2.38. The van der Waals surface area contributed by atoms with Crippen LogP contribution in [0.15, 0.2) is 24.3 Å². The van der Waals surface area contributed by atoms with Crippen molar-refractivity contribution in [3.63, 3.8) is 0 Å². The Hall–Kier alpha value is -1.30. The standard InChI is InChI=1S/C15H24N2O3/c1-16-11-13-12-17(7-9-19-13)8-10-20-15-6-4-3-5-14(15)18-2/h3-6,13,16H,7-12H2,1-2H3. The molecule has 2 rings (SSSR count). The summed E-state index contributed by atoms with van der Waals surface area (Å²) in [6, 6.07) is 7.74. The molecule has 0 spiro atoms. The first-order valence-corrected chi connectivity index (χ1v) is 7.08. The summed E-state index contributed by atoms with van der Waals surface area (Å²) in [5.41, 5.74) is 0. The SMILES string of the molecule is CNCC1CN(CCOc2ccccc2OC)CCO1. The summed E-state index contributed by atoms with van der Waals surface area (Å²) in [6.07, 6.45) is 0.278. The largest absolute Gasteiger partial charge is 0.493 e. The molecule has 1 saturated heterocycles. The van der Waals surface area contributed by atoms with Gasteiger partial charge in [0.15, 0.2) is 11.5 Å².